The van der Waals surface area contributed by atoms with Crippen LogP contribution in [0.2, 0.25) is 0 Å². The van der Waals surface area contributed by atoms with Gasteiger partial charge >= 0.3 is 19.2 Å². The van der Waals surface area contributed by atoms with Gasteiger partial charge in [-0.3, -0.25) is 4.79 Å². The zero-order chi connectivity index (χ0) is 25.8. The third kappa shape index (κ3) is 8.73. The molecule has 0 aromatic heterocycles. The molecule has 0 bridgehead atoms. The fraction of sp³-hybridized carbons (Fsp3) is 0.400. The minimum atomic E-state index is -0.942. The van der Waals surface area contributed by atoms with E-state index >= 15 is 0 Å². The maximum absolute atomic E-state index is 13.0. The van der Waals surface area contributed by atoms with Crippen LogP contribution in [0.4, 0.5) is 4.79 Å². The van der Waals surface area contributed by atoms with Crippen molar-refractivity contribution in [3.8, 4) is 0 Å². The molecule has 0 aliphatic carbocycles. The number of amides is 2. The topological polar surface area (TPSA) is 112 Å². The minimum absolute atomic E-state index is 0.0763. The summed E-state index contributed by atoms with van der Waals surface area (Å²) in [5.74, 6) is -1.36. The molecule has 2 atom stereocenters. The van der Waals surface area contributed by atoms with Crippen LogP contribution in [-0.4, -0.2) is 58.5 Å². The zero-order valence-corrected chi connectivity index (χ0v) is 20.8. The van der Waals surface area contributed by atoms with Gasteiger partial charge in [0, 0.05) is 20.6 Å². The SMILES string of the molecule is COB(OC)c1ccc(C[C@H](NC(=O)[C@H](NC(=O)OCc2ccccc2)C(C)C)C(=O)OC)cc1. The van der Waals surface area contributed by atoms with E-state index < -0.39 is 37.2 Å². The number of rotatable bonds is 12. The van der Waals surface area contributed by atoms with Crippen molar-refractivity contribution in [2.75, 3.05) is 21.3 Å². The van der Waals surface area contributed by atoms with E-state index in [1.165, 1.54) is 7.11 Å². The summed E-state index contributed by atoms with van der Waals surface area (Å²) in [6.45, 7) is 3.65. The molecule has 10 heteroatoms. The van der Waals surface area contributed by atoms with E-state index in [1.807, 2.05) is 54.6 Å². The van der Waals surface area contributed by atoms with Crippen molar-refractivity contribution in [2.24, 2.45) is 5.92 Å². The van der Waals surface area contributed by atoms with Crippen LogP contribution in [0.5, 0.6) is 0 Å². The number of ether oxygens (including phenoxy) is 2. The van der Waals surface area contributed by atoms with Gasteiger partial charge < -0.3 is 29.4 Å². The van der Waals surface area contributed by atoms with Crippen molar-refractivity contribution < 1.29 is 33.2 Å². The van der Waals surface area contributed by atoms with Crippen LogP contribution in [0.3, 0.4) is 0 Å². The van der Waals surface area contributed by atoms with Crippen molar-refractivity contribution in [3.05, 3.63) is 65.7 Å². The second-order valence-electron chi connectivity index (χ2n) is 8.26. The molecule has 2 amide bonds. The maximum Gasteiger partial charge on any atom is 0.493 e. The monoisotopic (exact) mass is 484 g/mol. The summed E-state index contributed by atoms with van der Waals surface area (Å²) in [6.07, 6.45) is -0.522. The van der Waals surface area contributed by atoms with Gasteiger partial charge in [0.2, 0.25) is 5.91 Å². The number of esters is 1. The fourth-order valence-corrected chi connectivity index (χ4v) is 3.44. The predicted molar refractivity (Wildman–Crippen MR) is 132 cm³/mol. The van der Waals surface area contributed by atoms with Crippen molar-refractivity contribution >= 4 is 30.6 Å². The molecule has 0 fully saturated rings. The Morgan fingerprint density at radius 2 is 1.49 bits per heavy atom. The van der Waals surface area contributed by atoms with Crippen LogP contribution in [-0.2, 0) is 41.4 Å². The molecule has 0 saturated heterocycles. The summed E-state index contributed by atoms with van der Waals surface area (Å²) in [4.78, 5) is 37.7. The molecule has 2 rings (SSSR count). The second-order valence-corrected chi connectivity index (χ2v) is 8.26. The number of carbonyl (C=O) groups is 3. The summed E-state index contributed by atoms with van der Waals surface area (Å²) in [5.41, 5.74) is 2.44. The minimum Gasteiger partial charge on any atom is -0.467 e. The Balaban J connectivity index is 2.03. The Hall–Kier alpha value is -3.37. The number of benzene rings is 2. The third-order valence-corrected chi connectivity index (χ3v) is 5.36. The van der Waals surface area contributed by atoms with Gasteiger partial charge in [0.05, 0.1) is 7.11 Å². The Labute approximate surface area is 206 Å². The Bertz CT molecular complexity index is 950. The molecule has 188 valence electrons. The van der Waals surface area contributed by atoms with Crippen molar-refractivity contribution in [1.82, 2.24) is 10.6 Å². The molecule has 0 spiro atoms. The lowest BCUT2D eigenvalue weighted by molar-refractivity contribution is -0.145. The van der Waals surface area contributed by atoms with Gasteiger partial charge in [-0.05, 0) is 22.5 Å². The van der Waals surface area contributed by atoms with E-state index in [-0.39, 0.29) is 18.9 Å². The summed E-state index contributed by atoms with van der Waals surface area (Å²) in [6, 6.07) is 14.7. The first-order chi connectivity index (χ1) is 16.8. The number of nitrogens with one attached hydrogen (secondary N) is 2. The summed E-state index contributed by atoms with van der Waals surface area (Å²) in [5, 5.41) is 5.30. The number of hydrogen-bond acceptors (Lipinski definition) is 7. The van der Waals surface area contributed by atoms with E-state index in [0.717, 1.165) is 16.6 Å². The lowest BCUT2D eigenvalue weighted by Crippen LogP contribution is -2.54. The van der Waals surface area contributed by atoms with E-state index in [4.69, 9.17) is 18.8 Å². The highest BCUT2D eigenvalue weighted by Crippen LogP contribution is 2.09. The molecule has 0 unspecified atom stereocenters. The molecule has 0 radical (unpaired) electrons. The smallest absolute Gasteiger partial charge is 0.467 e. The summed E-state index contributed by atoms with van der Waals surface area (Å²) in [7, 11) is 3.84. The highest BCUT2D eigenvalue weighted by Gasteiger charge is 2.30. The molecular formula is C25H33BN2O7. The number of carbonyl (C=O) groups excluding carboxylic acids is 3. The average Bonchev–Trinajstić information content (AvgIpc) is 2.87. The van der Waals surface area contributed by atoms with Crippen molar-refractivity contribution in [3.63, 3.8) is 0 Å². The predicted octanol–water partition coefficient (Wildman–Crippen LogP) is 1.83. The van der Waals surface area contributed by atoms with Gasteiger partial charge in [-0.15, -0.1) is 0 Å². The Morgan fingerprint density at radius 1 is 0.857 bits per heavy atom. The molecule has 35 heavy (non-hydrogen) atoms. The highest BCUT2D eigenvalue weighted by molar-refractivity contribution is 6.61. The lowest BCUT2D eigenvalue weighted by Gasteiger charge is -2.24. The molecule has 9 nitrogen and oxygen atoms in total. The van der Waals surface area contributed by atoms with Crippen LogP contribution in [0, 0.1) is 5.92 Å². The maximum atomic E-state index is 13.0. The van der Waals surface area contributed by atoms with Crippen molar-refractivity contribution in [1.29, 1.82) is 0 Å². The van der Waals surface area contributed by atoms with Gasteiger partial charge in [0.25, 0.3) is 0 Å². The standard InChI is InChI=1S/C25H33BN2O7/c1-17(2)22(28-25(31)35-16-19-9-7-6-8-10-19)23(29)27-21(24(30)32-3)15-18-11-13-20(14-12-18)26(33-4)34-5/h6-14,17,21-22H,15-16H2,1-5H3,(H,27,29)(H,28,31)/t21-,22+/m0/s1. The van der Waals surface area contributed by atoms with E-state index in [2.05, 4.69) is 10.6 Å². The van der Waals surface area contributed by atoms with Crippen LogP contribution in [0.1, 0.15) is 25.0 Å². The highest BCUT2D eigenvalue weighted by atomic mass is 16.6. The first-order valence-corrected chi connectivity index (χ1v) is 11.3. The lowest BCUT2D eigenvalue weighted by atomic mass is 9.78. The number of hydrogen-bond donors (Lipinski definition) is 2. The van der Waals surface area contributed by atoms with Gasteiger partial charge in [-0.1, -0.05) is 68.4 Å². The Kier molecular flexibility index (Phi) is 11.3. The number of alkyl carbamates (subject to hydrolysis) is 1. The molecule has 0 aliphatic rings. The second kappa shape index (κ2) is 14.1. The van der Waals surface area contributed by atoms with E-state index in [0.29, 0.717) is 0 Å². The Morgan fingerprint density at radius 3 is 2.03 bits per heavy atom. The fourth-order valence-electron chi connectivity index (χ4n) is 3.44. The summed E-state index contributed by atoms with van der Waals surface area (Å²) < 4.78 is 20.6. The van der Waals surface area contributed by atoms with E-state index in [9.17, 15) is 14.4 Å². The van der Waals surface area contributed by atoms with Crippen molar-refractivity contribution in [2.45, 2.75) is 39.0 Å². The third-order valence-electron chi connectivity index (χ3n) is 5.36. The zero-order valence-electron chi connectivity index (χ0n) is 20.8. The number of methoxy groups -OCH3 is 1. The molecule has 0 aliphatic heterocycles. The molecule has 2 N–H and O–H groups in total. The van der Waals surface area contributed by atoms with Gasteiger partial charge in [0.1, 0.15) is 18.7 Å². The molecule has 2 aromatic rings. The molecule has 0 saturated carbocycles. The van der Waals surface area contributed by atoms with Gasteiger partial charge in [0.15, 0.2) is 0 Å². The van der Waals surface area contributed by atoms with Gasteiger partial charge in [-0.2, -0.15) is 0 Å². The first-order valence-electron chi connectivity index (χ1n) is 11.3. The first kappa shape index (κ1) is 27.9. The van der Waals surface area contributed by atoms with Gasteiger partial charge in [-0.25, -0.2) is 9.59 Å². The quantitative estimate of drug-likeness (QED) is 0.349. The van der Waals surface area contributed by atoms with Crippen LogP contribution < -0.4 is 16.1 Å². The van der Waals surface area contributed by atoms with E-state index in [1.54, 1.807) is 28.1 Å². The molecular weight excluding hydrogens is 451 g/mol. The normalized spacial score (nSPS) is 12.4. The molecule has 2 aromatic carbocycles. The summed E-state index contributed by atoms with van der Waals surface area (Å²) >= 11 is 0. The molecule has 0 heterocycles. The average molecular weight is 484 g/mol. The largest absolute Gasteiger partial charge is 0.493 e. The van der Waals surface area contributed by atoms with Crippen LogP contribution in [0.25, 0.3) is 0 Å². The van der Waals surface area contributed by atoms with Crippen LogP contribution in [0.15, 0.2) is 54.6 Å². The van der Waals surface area contributed by atoms with Crippen LogP contribution >= 0.6 is 0 Å².